The Labute approximate surface area is 137 Å². The standard InChI is InChI=1S/C16H11Cl2N3O/c17-14-3-1-2-13(16(14)18)15-5-4-12(22-15)10-20-21-11-6-8-19-9-7-11/h1-10H,(H,19,21)/b20-10+. The molecule has 3 rings (SSSR count). The van der Waals surface area contributed by atoms with Crippen molar-refractivity contribution in [1.29, 1.82) is 0 Å². The molecule has 0 spiro atoms. The first-order valence-corrected chi connectivity index (χ1v) is 7.23. The molecule has 22 heavy (non-hydrogen) atoms. The highest BCUT2D eigenvalue weighted by Gasteiger charge is 2.10. The van der Waals surface area contributed by atoms with Gasteiger partial charge in [-0.05, 0) is 36.4 Å². The molecule has 2 aromatic heterocycles. The number of pyridine rings is 1. The molecule has 1 N–H and O–H groups in total. The molecule has 1 aromatic carbocycles. The summed E-state index contributed by atoms with van der Waals surface area (Å²) >= 11 is 12.2. The maximum atomic E-state index is 6.18. The van der Waals surface area contributed by atoms with Crippen LogP contribution in [0.1, 0.15) is 5.76 Å². The molecule has 0 fully saturated rings. The van der Waals surface area contributed by atoms with E-state index in [-0.39, 0.29) is 0 Å². The molecule has 0 aliphatic carbocycles. The first-order chi connectivity index (χ1) is 10.7. The van der Waals surface area contributed by atoms with Crippen molar-refractivity contribution in [3.05, 3.63) is 70.7 Å². The summed E-state index contributed by atoms with van der Waals surface area (Å²) in [5.41, 5.74) is 4.47. The maximum absolute atomic E-state index is 6.18. The van der Waals surface area contributed by atoms with Crippen molar-refractivity contribution >= 4 is 35.1 Å². The van der Waals surface area contributed by atoms with E-state index in [0.717, 1.165) is 11.3 Å². The van der Waals surface area contributed by atoms with Crippen molar-refractivity contribution in [3.8, 4) is 11.3 Å². The van der Waals surface area contributed by atoms with Crippen molar-refractivity contribution in [3.63, 3.8) is 0 Å². The van der Waals surface area contributed by atoms with Crippen LogP contribution in [0.3, 0.4) is 0 Å². The minimum Gasteiger partial charge on any atom is -0.455 e. The van der Waals surface area contributed by atoms with Gasteiger partial charge >= 0.3 is 0 Å². The van der Waals surface area contributed by atoms with Crippen LogP contribution in [0, 0.1) is 0 Å². The summed E-state index contributed by atoms with van der Waals surface area (Å²) in [5.74, 6) is 1.24. The lowest BCUT2D eigenvalue weighted by atomic mass is 10.2. The number of benzene rings is 1. The van der Waals surface area contributed by atoms with Gasteiger partial charge in [0.1, 0.15) is 11.5 Å². The minimum absolute atomic E-state index is 0.469. The lowest BCUT2D eigenvalue weighted by Gasteiger charge is -2.01. The Morgan fingerprint density at radius 1 is 1.05 bits per heavy atom. The smallest absolute Gasteiger partial charge is 0.147 e. The van der Waals surface area contributed by atoms with E-state index in [1.165, 1.54) is 0 Å². The van der Waals surface area contributed by atoms with Gasteiger partial charge in [-0.1, -0.05) is 29.3 Å². The monoisotopic (exact) mass is 331 g/mol. The Hall–Kier alpha value is -2.30. The Balaban J connectivity index is 1.75. The van der Waals surface area contributed by atoms with Crippen LogP contribution in [0.2, 0.25) is 10.0 Å². The van der Waals surface area contributed by atoms with Crippen molar-refractivity contribution < 1.29 is 4.42 Å². The second-order valence-electron chi connectivity index (χ2n) is 4.41. The summed E-state index contributed by atoms with van der Waals surface area (Å²) in [6, 6.07) is 12.7. The summed E-state index contributed by atoms with van der Waals surface area (Å²) < 4.78 is 5.70. The Morgan fingerprint density at radius 2 is 1.86 bits per heavy atom. The highest BCUT2D eigenvalue weighted by atomic mass is 35.5. The molecule has 0 radical (unpaired) electrons. The molecule has 110 valence electrons. The number of anilines is 1. The fraction of sp³-hybridized carbons (Fsp3) is 0. The van der Waals surface area contributed by atoms with Crippen molar-refractivity contribution in [2.45, 2.75) is 0 Å². The zero-order chi connectivity index (χ0) is 15.4. The summed E-state index contributed by atoms with van der Waals surface area (Å²) in [4.78, 5) is 3.93. The summed E-state index contributed by atoms with van der Waals surface area (Å²) in [6.45, 7) is 0. The van der Waals surface area contributed by atoms with Crippen molar-refractivity contribution in [2.24, 2.45) is 5.10 Å². The zero-order valence-corrected chi connectivity index (χ0v) is 12.8. The second kappa shape index (κ2) is 6.64. The minimum atomic E-state index is 0.469. The molecule has 0 bridgehead atoms. The number of nitrogens with one attached hydrogen (secondary N) is 1. The van der Waals surface area contributed by atoms with Gasteiger partial charge in [-0.2, -0.15) is 5.10 Å². The Kier molecular flexibility index (Phi) is 4.42. The third-order valence-electron chi connectivity index (χ3n) is 2.91. The molecule has 4 nitrogen and oxygen atoms in total. The van der Waals surface area contributed by atoms with Crippen LogP contribution >= 0.6 is 23.2 Å². The van der Waals surface area contributed by atoms with E-state index >= 15 is 0 Å². The molecular weight excluding hydrogens is 321 g/mol. The van der Waals surface area contributed by atoms with Gasteiger partial charge < -0.3 is 4.42 Å². The Morgan fingerprint density at radius 3 is 2.68 bits per heavy atom. The maximum Gasteiger partial charge on any atom is 0.147 e. The molecule has 2 heterocycles. The predicted octanol–water partition coefficient (Wildman–Crippen LogP) is 5.09. The van der Waals surface area contributed by atoms with E-state index in [9.17, 15) is 0 Å². The van der Waals surface area contributed by atoms with E-state index in [4.69, 9.17) is 27.6 Å². The van der Waals surface area contributed by atoms with Crippen LogP contribution in [-0.4, -0.2) is 11.2 Å². The molecule has 0 amide bonds. The third-order valence-corrected chi connectivity index (χ3v) is 3.73. The van der Waals surface area contributed by atoms with Gasteiger partial charge in [0.25, 0.3) is 0 Å². The zero-order valence-electron chi connectivity index (χ0n) is 11.3. The molecule has 0 atom stereocenters. The van der Waals surface area contributed by atoms with Gasteiger partial charge in [0, 0.05) is 18.0 Å². The van der Waals surface area contributed by atoms with Crippen LogP contribution in [-0.2, 0) is 0 Å². The van der Waals surface area contributed by atoms with Crippen LogP contribution in [0.5, 0.6) is 0 Å². The van der Waals surface area contributed by atoms with Crippen molar-refractivity contribution in [1.82, 2.24) is 4.98 Å². The van der Waals surface area contributed by atoms with Gasteiger partial charge in [0.15, 0.2) is 0 Å². The van der Waals surface area contributed by atoms with Gasteiger partial charge in [-0.25, -0.2) is 0 Å². The van der Waals surface area contributed by atoms with E-state index < -0.39 is 0 Å². The average molecular weight is 332 g/mol. The van der Waals surface area contributed by atoms with Crippen LogP contribution in [0.15, 0.2) is 64.4 Å². The molecule has 3 aromatic rings. The first-order valence-electron chi connectivity index (χ1n) is 6.47. The van der Waals surface area contributed by atoms with Gasteiger partial charge in [0.2, 0.25) is 0 Å². The number of furan rings is 1. The van der Waals surface area contributed by atoms with Gasteiger partial charge in [-0.3, -0.25) is 10.4 Å². The topological polar surface area (TPSA) is 50.4 Å². The number of halogens is 2. The number of nitrogens with zero attached hydrogens (tertiary/aromatic N) is 2. The molecule has 6 heteroatoms. The molecular formula is C16H11Cl2N3O. The Bertz CT molecular complexity index is 800. The average Bonchev–Trinajstić information content (AvgIpc) is 3.00. The number of hydrazone groups is 1. The van der Waals surface area contributed by atoms with E-state index in [1.54, 1.807) is 24.7 Å². The lowest BCUT2D eigenvalue weighted by molar-refractivity contribution is 0.575. The van der Waals surface area contributed by atoms with E-state index in [1.807, 2.05) is 36.4 Å². The number of rotatable bonds is 4. The third kappa shape index (κ3) is 3.30. The summed E-state index contributed by atoms with van der Waals surface area (Å²) in [7, 11) is 0. The second-order valence-corrected chi connectivity index (χ2v) is 5.19. The highest BCUT2D eigenvalue weighted by molar-refractivity contribution is 6.43. The first kappa shape index (κ1) is 14.6. The van der Waals surface area contributed by atoms with Crippen LogP contribution in [0.25, 0.3) is 11.3 Å². The van der Waals surface area contributed by atoms with E-state index in [0.29, 0.717) is 21.6 Å². The predicted molar refractivity (Wildman–Crippen MR) is 89.6 cm³/mol. The van der Waals surface area contributed by atoms with Crippen molar-refractivity contribution in [2.75, 3.05) is 5.43 Å². The molecule has 0 aliphatic heterocycles. The molecule has 0 unspecified atom stereocenters. The molecule has 0 saturated carbocycles. The summed E-state index contributed by atoms with van der Waals surface area (Å²) in [5, 5.41) is 5.06. The SMILES string of the molecule is Clc1cccc(-c2ccc(/C=N/Nc3ccncc3)o2)c1Cl. The lowest BCUT2D eigenvalue weighted by Crippen LogP contribution is -1.89. The number of hydrogen-bond acceptors (Lipinski definition) is 4. The van der Waals surface area contributed by atoms with Gasteiger partial charge in [-0.15, -0.1) is 0 Å². The number of hydrogen-bond donors (Lipinski definition) is 1. The molecule has 0 aliphatic rings. The van der Waals surface area contributed by atoms with E-state index in [2.05, 4.69) is 15.5 Å². The summed E-state index contributed by atoms with van der Waals surface area (Å²) in [6.07, 6.45) is 4.95. The fourth-order valence-electron chi connectivity index (χ4n) is 1.86. The quantitative estimate of drug-likeness (QED) is 0.534. The van der Waals surface area contributed by atoms with Crippen LogP contribution < -0.4 is 5.43 Å². The van der Waals surface area contributed by atoms with Gasteiger partial charge in [0.05, 0.1) is 21.9 Å². The largest absolute Gasteiger partial charge is 0.455 e. The van der Waals surface area contributed by atoms with Crippen LogP contribution in [0.4, 0.5) is 5.69 Å². The molecule has 0 saturated heterocycles. The fourth-order valence-corrected chi connectivity index (χ4v) is 2.25. The highest BCUT2D eigenvalue weighted by Crippen LogP contribution is 2.34. The normalized spacial score (nSPS) is 11.0. The number of aromatic nitrogens is 1.